The number of nitrogens with zero attached hydrogens (tertiary/aromatic N) is 2. The van der Waals surface area contributed by atoms with Crippen LogP contribution in [-0.2, 0) is 0 Å². The highest BCUT2D eigenvalue weighted by atomic mass is 79.9. The lowest BCUT2D eigenvalue weighted by Gasteiger charge is -2.07. The third kappa shape index (κ3) is 4.39. The highest BCUT2D eigenvalue weighted by molar-refractivity contribution is 9.10. The molecule has 0 unspecified atom stereocenters. The van der Waals surface area contributed by atoms with E-state index in [1.807, 2.05) is 36.4 Å². The van der Waals surface area contributed by atoms with Crippen LogP contribution >= 0.6 is 27.7 Å². The van der Waals surface area contributed by atoms with Gasteiger partial charge in [-0.05, 0) is 65.2 Å². The van der Waals surface area contributed by atoms with E-state index in [2.05, 4.69) is 46.0 Å². The number of ether oxygens (including phenoxy) is 1. The first-order chi connectivity index (χ1) is 11.6. The molecule has 0 atom stereocenters. The first-order valence-electron chi connectivity index (χ1n) is 7.54. The van der Waals surface area contributed by atoms with Crippen LogP contribution in [0.2, 0.25) is 0 Å². The van der Waals surface area contributed by atoms with Crippen LogP contribution < -0.4 is 4.74 Å². The minimum absolute atomic E-state index is 0.514. The molecule has 0 aliphatic heterocycles. The van der Waals surface area contributed by atoms with Gasteiger partial charge in [-0.3, -0.25) is 0 Å². The molecule has 0 N–H and O–H groups in total. The molecule has 3 rings (SSSR count). The van der Waals surface area contributed by atoms with Crippen molar-refractivity contribution in [2.75, 3.05) is 12.4 Å². The minimum atomic E-state index is 0.514. The van der Waals surface area contributed by atoms with Gasteiger partial charge in [0.1, 0.15) is 5.75 Å². The first kappa shape index (κ1) is 17.0. The van der Waals surface area contributed by atoms with E-state index in [9.17, 15) is 0 Å². The van der Waals surface area contributed by atoms with Crippen molar-refractivity contribution in [1.29, 1.82) is 0 Å². The average molecular weight is 405 g/mol. The molecule has 0 aliphatic carbocycles. The summed E-state index contributed by atoms with van der Waals surface area (Å²) in [5.41, 5.74) is 3.30. The SMILES string of the molecule is Cc1cc(C)cc(OCCSc2nnc(-c3ccccc3Br)o2)c1. The number of aryl methyl sites for hydroxylation is 2. The fourth-order valence-electron chi connectivity index (χ4n) is 2.32. The molecule has 0 amide bonds. The summed E-state index contributed by atoms with van der Waals surface area (Å²) in [4.78, 5) is 0. The Balaban J connectivity index is 1.53. The molecule has 0 bridgehead atoms. The van der Waals surface area contributed by atoms with Gasteiger partial charge in [0.15, 0.2) is 0 Å². The molecule has 1 aromatic heterocycles. The summed E-state index contributed by atoms with van der Waals surface area (Å²) >= 11 is 4.98. The summed E-state index contributed by atoms with van der Waals surface area (Å²) in [6.07, 6.45) is 0. The Morgan fingerprint density at radius 1 is 1.08 bits per heavy atom. The van der Waals surface area contributed by atoms with Crippen LogP contribution in [0.25, 0.3) is 11.5 Å². The quantitative estimate of drug-likeness (QED) is 0.412. The van der Waals surface area contributed by atoms with E-state index in [0.29, 0.717) is 17.7 Å². The van der Waals surface area contributed by atoms with Gasteiger partial charge in [-0.1, -0.05) is 30.0 Å². The van der Waals surface area contributed by atoms with Gasteiger partial charge in [-0.15, -0.1) is 10.2 Å². The van der Waals surface area contributed by atoms with Crippen molar-refractivity contribution in [3.63, 3.8) is 0 Å². The molecule has 124 valence electrons. The smallest absolute Gasteiger partial charge is 0.276 e. The second-order valence-corrected chi connectivity index (χ2v) is 7.27. The van der Waals surface area contributed by atoms with Gasteiger partial charge in [0, 0.05) is 10.2 Å². The van der Waals surface area contributed by atoms with Crippen LogP contribution in [0.15, 0.2) is 56.6 Å². The number of benzene rings is 2. The van der Waals surface area contributed by atoms with Gasteiger partial charge < -0.3 is 9.15 Å². The third-order valence-electron chi connectivity index (χ3n) is 3.28. The van der Waals surface area contributed by atoms with Crippen LogP contribution in [0.3, 0.4) is 0 Å². The normalized spacial score (nSPS) is 10.8. The van der Waals surface area contributed by atoms with Crippen molar-refractivity contribution in [1.82, 2.24) is 10.2 Å². The number of aromatic nitrogens is 2. The molecule has 0 saturated carbocycles. The third-order valence-corrected chi connectivity index (χ3v) is 4.76. The van der Waals surface area contributed by atoms with Crippen molar-refractivity contribution in [2.24, 2.45) is 0 Å². The lowest BCUT2D eigenvalue weighted by molar-refractivity contribution is 0.342. The van der Waals surface area contributed by atoms with Crippen molar-refractivity contribution in [2.45, 2.75) is 19.1 Å². The standard InChI is InChI=1S/C18H17BrN2O2S/c1-12-9-13(2)11-14(10-12)22-7-8-24-18-21-20-17(23-18)15-5-3-4-6-16(15)19/h3-6,9-11H,7-8H2,1-2H3. The maximum atomic E-state index is 5.78. The number of thioether (sulfide) groups is 1. The van der Waals surface area contributed by atoms with Gasteiger partial charge in [-0.25, -0.2) is 0 Å². The van der Waals surface area contributed by atoms with Crippen LogP contribution in [0.4, 0.5) is 0 Å². The molecule has 0 saturated heterocycles. The van der Waals surface area contributed by atoms with Gasteiger partial charge in [-0.2, -0.15) is 0 Å². The molecule has 4 nitrogen and oxygen atoms in total. The summed E-state index contributed by atoms with van der Waals surface area (Å²) in [6.45, 7) is 4.72. The van der Waals surface area contributed by atoms with Gasteiger partial charge in [0.2, 0.25) is 5.89 Å². The number of rotatable bonds is 6. The summed E-state index contributed by atoms with van der Waals surface area (Å²) in [7, 11) is 0. The monoisotopic (exact) mass is 404 g/mol. The molecular formula is C18H17BrN2O2S. The number of hydrogen-bond donors (Lipinski definition) is 0. The highest BCUT2D eigenvalue weighted by Gasteiger charge is 2.11. The maximum absolute atomic E-state index is 5.78. The molecule has 0 radical (unpaired) electrons. The Kier molecular flexibility index (Phi) is 5.58. The zero-order chi connectivity index (χ0) is 16.9. The van der Waals surface area contributed by atoms with E-state index in [4.69, 9.17) is 9.15 Å². The van der Waals surface area contributed by atoms with Crippen LogP contribution in [0.1, 0.15) is 11.1 Å². The van der Waals surface area contributed by atoms with Gasteiger partial charge >= 0.3 is 0 Å². The molecule has 3 aromatic rings. The summed E-state index contributed by atoms with van der Waals surface area (Å²) < 4.78 is 12.4. The first-order valence-corrected chi connectivity index (χ1v) is 9.32. The molecule has 0 spiro atoms. The van der Waals surface area contributed by atoms with E-state index < -0.39 is 0 Å². The largest absolute Gasteiger partial charge is 0.493 e. The lowest BCUT2D eigenvalue weighted by Crippen LogP contribution is -2.00. The van der Waals surface area contributed by atoms with Crippen molar-refractivity contribution < 1.29 is 9.15 Å². The lowest BCUT2D eigenvalue weighted by atomic mass is 10.1. The Morgan fingerprint density at radius 3 is 2.58 bits per heavy atom. The summed E-state index contributed by atoms with van der Waals surface area (Å²) in [6, 6.07) is 14.0. The molecule has 0 aliphatic rings. The van der Waals surface area contributed by atoms with Crippen LogP contribution in [0, 0.1) is 13.8 Å². The van der Waals surface area contributed by atoms with E-state index >= 15 is 0 Å². The Labute approximate surface area is 153 Å². The molecule has 24 heavy (non-hydrogen) atoms. The van der Waals surface area contributed by atoms with E-state index in [1.165, 1.54) is 22.9 Å². The summed E-state index contributed by atoms with van der Waals surface area (Å²) in [5.74, 6) is 2.15. The summed E-state index contributed by atoms with van der Waals surface area (Å²) in [5, 5.41) is 8.72. The van der Waals surface area contributed by atoms with Gasteiger partial charge in [0.05, 0.1) is 12.2 Å². The van der Waals surface area contributed by atoms with Crippen molar-refractivity contribution in [3.8, 4) is 17.2 Å². The van der Waals surface area contributed by atoms with Crippen molar-refractivity contribution >= 4 is 27.7 Å². The van der Waals surface area contributed by atoms with E-state index in [1.54, 1.807) is 0 Å². The Morgan fingerprint density at radius 2 is 1.83 bits per heavy atom. The van der Waals surface area contributed by atoms with Crippen LogP contribution in [-0.4, -0.2) is 22.6 Å². The fraction of sp³-hybridized carbons (Fsp3) is 0.222. The maximum Gasteiger partial charge on any atom is 0.276 e. The molecule has 6 heteroatoms. The molecule has 2 aromatic carbocycles. The predicted octanol–water partition coefficient (Wildman–Crippen LogP) is 5.29. The van der Waals surface area contributed by atoms with Gasteiger partial charge in [0.25, 0.3) is 5.22 Å². The second kappa shape index (κ2) is 7.85. The second-order valence-electron chi connectivity index (χ2n) is 5.37. The molecule has 0 fully saturated rings. The fourth-order valence-corrected chi connectivity index (χ4v) is 3.35. The topological polar surface area (TPSA) is 48.2 Å². The highest BCUT2D eigenvalue weighted by Crippen LogP contribution is 2.29. The Bertz CT molecular complexity index is 815. The molecular weight excluding hydrogens is 388 g/mol. The Hall–Kier alpha value is -1.79. The zero-order valence-corrected chi connectivity index (χ0v) is 15.9. The zero-order valence-electron chi connectivity index (χ0n) is 13.5. The van der Waals surface area contributed by atoms with Crippen molar-refractivity contribution in [3.05, 3.63) is 58.1 Å². The minimum Gasteiger partial charge on any atom is -0.493 e. The van der Waals surface area contributed by atoms with E-state index in [-0.39, 0.29) is 0 Å². The predicted molar refractivity (Wildman–Crippen MR) is 99.6 cm³/mol. The molecule has 1 heterocycles. The number of halogens is 1. The van der Waals surface area contributed by atoms with Crippen LogP contribution in [0.5, 0.6) is 5.75 Å². The number of hydrogen-bond acceptors (Lipinski definition) is 5. The van der Waals surface area contributed by atoms with E-state index in [0.717, 1.165) is 21.5 Å². The average Bonchev–Trinajstić information content (AvgIpc) is 3.00.